The smallest absolute Gasteiger partial charge is 0.266 e. The summed E-state index contributed by atoms with van der Waals surface area (Å²) in [5, 5.41) is 4.36. The van der Waals surface area contributed by atoms with Crippen LogP contribution in [-0.2, 0) is 6.54 Å². The van der Waals surface area contributed by atoms with Crippen LogP contribution in [0.5, 0.6) is 0 Å². The molecule has 0 atom stereocenters. The van der Waals surface area contributed by atoms with Crippen molar-refractivity contribution in [2.45, 2.75) is 33.2 Å². The summed E-state index contributed by atoms with van der Waals surface area (Å²) in [7, 11) is 0. The Balaban J connectivity index is 1.47. The lowest BCUT2D eigenvalue weighted by atomic mass is 9.96. The Morgan fingerprint density at radius 3 is 2.42 bits per heavy atom. The van der Waals surface area contributed by atoms with Crippen molar-refractivity contribution in [3.63, 3.8) is 0 Å². The molecule has 1 aromatic carbocycles. The number of benzene rings is 1. The molecule has 1 saturated heterocycles. The summed E-state index contributed by atoms with van der Waals surface area (Å²) in [6, 6.07) is 11.4. The van der Waals surface area contributed by atoms with Gasteiger partial charge in [0.15, 0.2) is 5.82 Å². The number of hydrogen-bond donors (Lipinski definition) is 0. The first kappa shape index (κ1) is 16.7. The minimum absolute atomic E-state index is 0.0192. The molecule has 0 bridgehead atoms. The molecule has 0 radical (unpaired) electrons. The van der Waals surface area contributed by atoms with Crippen LogP contribution in [0.15, 0.2) is 41.2 Å². The molecule has 1 aliphatic rings. The second-order valence-corrected chi connectivity index (χ2v) is 7.05. The van der Waals surface area contributed by atoms with Crippen LogP contribution in [0.2, 0.25) is 0 Å². The zero-order valence-electron chi connectivity index (χ0n) is 15.2. The highest BCUT2D eigenvalue weighted by molar-refractivity contribution is 5.76. The van der Waals surface area contributed by atoms with E-state index in [0.717, 1.165) is 54.2 Å². The highest BCUT2D eigenvalue weighted by Crippen LogP contribution is 2.26. The molecule has 0 saturated carbocycles. The number of aryl methyl sites for hydroxylation is 2. The molecule has 3 aromatic rings. The van der Waals surface area contributed by atoms with E-state index in [1.54, 1.807) is 16.8 Å². The lowest BCUT2D eigenvalue weighted by Crippen LogP contribution is -2.37. The van der Waals surface area contributed by atoms with Crippen molar-refractivity contribution in [3.8, 4) is 0 Å². The third kappa shape index (κ3) is 3.31. The van der Waals surface area contributed by atoms with Crippen LogP contribution in [0.1, 0.15) is 24.2 Å². The second kappa shape index (κ2) is 6.86. The standard InChI is InChI=1S/C20H23N5O/c1-14-7-8-19(26)25(23-14)13-16-9-11-24(12-10-16)20-15(2)21-17-5-3-4-6-18(17)22-20/h3-8,16H,9-13H2,1-2H3. The van der Waals surface area contributed by atoms with Crippen LogP contribution in [0, 0.1) is 19.8 Å². The number of fused-ring (bicyclic) bond motifs is 1. The van der Waals surface area contributed by atoms with Crippen LogP contribution in [0.25, 0.3) is 11.0 Å². The molecule has 0 aliphatic carbocycles. The fourth-order valence-corrected chi connectivity index (χ4v) is 3.63. The summed E-state index contributed by atoms with van der Waals surface area (Å²) in [6.07, 6.45) is 2.05. The number of hydrogen-bond acceptors (Lipinski definition) is 5. The highest BCUT2D eigenvalue weighted by Gasteiger charge is 2.23. The summed E-state index contributed by atoms with van der Waals surface area (Å²) < 4.78 is 1.61. The van der Waals surface area contributed by atoms with Gasteiger partial charge in [-0.25, -0.2) is 14.6 Å². The Bertz CT molecular complexity index is 989. The Labute approximate surface area is 152 Å². The number of aromatic nitrogens is 4. The van der Waals surface area contributed by atoms with Gasteiger partial charge in [0, 0.05) is 25.7 Å². The molecule has 6 heteroatoms. The maximum absolute atomic E-state index is 12.0. The Morgan fingerprint density at radius 1 is 1.00 bits per heavy atom. The Hall–Kier alpha value is -2.76. The average molecular weight is 349 g/mol. The molecule has 1 fully saturated rings. The van der Waals surface area contributed by atoms with Gasteiger partial charge in [-0.1, -0.05) is 12.1 Å². The summed E-state index contributed by atoms with van der Waals surface area (Å²) in [6.45, 7) is 6.49. The third-order valence-corrected chi connectivity index (χ3v) is 5.07. The molecule has 134 valence electrons. The first-order valence-corrected chi connectivity index (χ1v) is 9.13. The molecule has 6 nitrogen and oxygen atoms in total. The van der Waals surface area contributed by atoms with Crippen LogP contribution < -0.4 is 10.5 Å². The second-order valence-electron chi connectivity index (χ2n) is 7.05. The maximum atomic E-state index is 12.0. The summed E-state index contributed by atoms with van der Waals surface area (Å²) in [5.74, 6) is 1.44. The van der Waals surface area contributed by atoms with Gasteiger partial charge in [-0.3, -0.25) is 4.79 Å². The average Bonchev–Trinajstić information content (AvgIpc) is 2.65. The fourth-order valence-electron chi connectivity index (χ4n) is 3.63. The highest BCUT2D eigenvalue weighted by atomic mass is 16.1. The Morgan fingerprint density at radius 2 is 1.69 bits per heavy atom. The minimum Gasteiger partial charge on any atom is -0.355 e. The molecule has 0 spiro atoms. The summed E-state index contributed by atoms with van der Waals surface area (Å²) in [5.41, 5.74) is 3.70. The van der Waals surface area contributed by atoms with Crippen molar-refractivity contribution in [2.75, 3.05) is 18.0 Å². The molecular weight excluding hydrogens is 326 g/mol. The number of anilines is 1. The van der Waals surface area contributed by atoms with Gasteiger partial charge in [0.1, 0.15) is 0 Å². The van der Waals surface area contributed by atoms with E-state index in [-0.39, 0.29) is 5.56 Å². The van der Waals surface area contributed by atoms with Crippen molar-refractivity contribution in [1.82, 2.24) is 19.7 Å². The Kier molecular flexibility index (Phi) is 4.41. The molecule has 3 heterocycles. The van der Waals surface area contributed by atoms with Crippen molar-refractivity contribution < 1.29 is 0 Å². The van der Waals surface area contributed by atoms with Gasteiger partial charge < -0.3 is 4.90 Å². The van der Waals surface area contributed by atoms with Gasteiger partial charge in [0.05, 0.1) is 22.4 Å². The van der Waals surface area contributed by atoms with Crippen molar-refractivity contribution in [3.05, 3.63) is 58.1 Å². The van der Waals surface area contributed by atoms with E-state index >= 15 is 0 Å². The van der Waals surface area contributed by atoms with Gasteiger partial charge in [-0.2, -0.15) is 5.10 Å². The molecule has 4 rings (SSSR count). The molecule has 0 unspecified atom stereocenters. The van der Waals surface area contributed by atoms with Gasteiger partial charge in [0.2, 0.25) is 0 Å². The number of para-hydroxylation sites is 2. The van der Waals surface area contributed by atoms with E-state index in [9.17, 15) is 4.79 Å². The number of rotatable bonds is 3. The van der Waals surface area contributed by atoms with Crippen LogP contribution >= 0.6 is 0 Å². The zero-order valence-corrected chi connectivity index (χ0v) is 15.2. The van der Waals surface area contributed by atoms with Gasteiger partial charge in [-0.15, -0.1) is 0 Å². The predicted molar refractivity (Wildman–Crippen MR) is 102 cm³/mol. The number of nitrogens with zero attached hydrogens (tertiary/aromatic N) is 5. The molecule has 26 heavy (non-hydrogen) atoms. The normalized spacial score (nSPS) is 15.5. The van der Waals surface area contributed by atoms with Crippen LogP contribution in [0.3, 0.4) is 0 Å². The van der Waals surface area contributed by atoms with E-state index in [1.165, 1.54) is 0 Å². The van der Waals surface area contributed by atoms with Crippen LogP contribution in [-0.4, -0.2) is 32.8 Å². The lowest BCUT2D eigenvalue weighted by molar-refractivity contribution is 0.333. The quantitative estimate of drug-likeness (QED) is 0.727. The fraction of sp³-hybridized carbons (Fsp3) is 0.400. The molecule has 0 amide bonds. The van der Waals surface area contributed by atoms with Gasteiger partial charge in [0.25, 0.3) is 5.56 Å². The van der Waals surface area contributed by atoms with E-state index < -0.39 is 0 Å². The topological polar surface area (TPSA) is 63.9 Å². The molecule has 1 aliphatic heterocycles. The largest absolute Gasteiger partial charge is 0.355 e. The first-order valence-electron chi connectivity index (χ1n) is 9.13. The third-order valence-electron chi connectivity index (χ3n) is 5.07. The zero-order chi connectivity index (χ0) is 18.1. The first-order chi connectivity index (χ1) is 12.6. The van der Waals surface area contributed by atoms with Crippen molar-refractivity contribution in [1.29, 1.82) is 0 Å². The van der Waals surface area contributed by atoms with Gasteiger partial charge in [-0.05, 0) is 50.8 Å². The van der Waals surface area contributed by atoms with Crippen molar-refractivity contribution >= 4 is 16.9 Å². The van der Waals surface area contributed by atoms with E-state index in [1.807, 2.05) is 38.1 Å². The molecule has 0 N–H and O–H groups in total. The molecule has 2 aromatic heterocycles. The van der Waals surface area contributed by atoms with Gasteiger partial charge >= 0.3 is 0 Å². The molecular formula is C20H23N5O. The van der Waals surface area contributed by atoms with E-state index in [4.69, 9.17) is 9.97 Å². The summed E-state index contributed by atoms with van der Waals surface area (Å²) in [4.78, 5) is 23.8. The SMILES string of the molecule is Cc1ccc(=O)n(CC2CCN(c3nc4ccccc4nc3C)CC2)n1. The maximum Gasteiger partial charge on any atom is 0.266 e. The predicted octanol–water partition coefficient (Wildman–Crippen LogP) is 2.72. The van der Waals surface area contributed by atoms with Crippen LogP contribution in [0.4, 0.5) is 5.82 Å². The summed E-state index contributed by atoms with van der Waals surface area (Å²) >= 11 is 0. The van der Waals surface area contributed by atoms with Crippen molar-refractivity contribution in [2.24, 2.45) is 5.92 Å². The van der Waals surface area contributed by atoms with E-state index in [2.05, 4.69) is 10.00 Å². The monoisotopic (exact) mass is 349 g/mol. The minimum atomic E-state index is -0.0192. The lowest BCUT2D eigenvalue weighted by Gasteiger charge is -2.33. The van der Waals surface area contributed by atoms with E-state index in [0.29, 0.717) is 12.5 Å². The number of piperidine rings is 1.